The van der Waals surface area contributed by atoms with E-state index in [-0.39, 0.29) is 17.0 Å². The van der Waals surface area contributed by atoms with Gasteiger partial charge in [-0.2, -0.15) is 9.30 Å². The minimum atomic E-state index is -3.66. The van der Waals surface area contributed by atoms with Gasteiger partial charge >= 0.3 is 5.97 Å². The van der Waals surface area contributed by atoms with Crippen LogP contribution in [0.15, 0.2) is 46.3 Å². The molecule has 0 fully saturated rings. The Bertz CT molecular complexity index is 1470. The molecule has 0 bridgehead atoms. The molecule has 4 rings (SSSR count). The van der Waals surface area contributed by atoms with Crippen LogP contribution >= 0.6 is 11.3 Å². The summed E-state index contributed by atoms with van der Waals surface area (Å²) in [6.45, 7) is 5.31. The third-order valence-electron chi connectivity index (χ3n) is 5.91. The number of amides is 1. The molecule has 2 aromatic carbocycles. The molecule has 0 saturated carbocycles. The lowest BCUT2D eigenvalue weighted by atomic mass is 10.2. The van der Waals surface area contributed by atoms with E-state index in [9.17, 15) is 18.0 Å². The molecule has 1 aliphatic heterocycles. The molecule has 37 heavy (non-hydrogen) atoms. The summed E-state index contributed by atoms with van der Waals surface area (Å²) < 4.78 is 45.9. The zero-order valence-corrected chi connectivity index (χ0v) is 22.6. The molecule has 2 heterocycles. The number of rotatable bonds is 9. The van der Waals surface area contributed by atoms with Gasteiger partial charge in [0.15, 0.2) is 16.3 Å². The number of carbonyl (C=O) groups excluding carboxylic acids is 2. The molecule has 1 aromatic heterocycles. The third-order valence-corrected chi connectivity index (χ3v) is 8.94. The number of aromatic nitrogens is 1. The Morgan fingerprint density at radius 2 is 1.78 bits per heavy atom. The predicted octanol–water partition coefficient (Wildman–Crippen LogP) is 3.20. The van der Waals surface area contributed by atoms with Gasteiger partial charge in [0.2, 0.25) is 10.0 Å². The van der Waals surface area contributed by atoms with E-state index in [1.807, 2.05) is 6.92 Å². The van der Waals surface area contributed by atoms with Crippen LogP contribution in [0, 0.1) is 0 Å². The maximum Gasteiger partial charge on any atom is 0.325 e. The number of ether oxygens (including phenoxy) is 3. The molecule has 1 aliphatic rings. The zero-order valence-electron chi connectivity index (χ0n) is 20.9. The molecule has 0 radical (unpaired) electrons. The van der Waals surface area contributed by atoms with Crippen molar-refractivity contribution in [2.75, 3.05) is 33.4 Å². The van der Waals surface area contributed by atoms with Gasteiger partial charge in [-0.25, -0.2) is 8.42 Å². The van der Waals surface area contributed by atoms with Crippen molar-refractivity contribution in [3.8, 4) is 11.5 Å². The Kier molecular flexibility index (Phi) is 8.30. The van der Waals surface area contributed by atoms with Crippen molar-refractivity contribution in [3.63, 3.8) is 0 Å². The van der Waals surface area contributed by atoms with Crippen LogP contribution in [-0.2, 0) is 26.1 Å². The van der Waals surface area contributed by atoms with E-state index in [1.54, 1.807) is 23.6 Å². The summed E-state index contributed by atoms with van der Waals surface area (Å²) in [6, 6.07) is 9.29. The second-order valence-electron chi connectivity index (χ2n) is 8.30. The maximum atomic E-state index is 13.0. The molecule has 0 spiro atoms. The molecule has 10 nitrogen and oxygen atoms in total. The monoisotopic (exact) mass is 547 g/mol. The highest BCUT2D eigenvalue weighted by atomic mass is 32.2. The van der Waals surface area contributed by atoms with E-state index >= 15 is 0 Å². The average Bonchev–Trinajstić information content (AvgIpc) is 3.22. The van der Waals surface area contributed by atoms with Gasteiger partial charge in [0.1, 0.15) is 19.8 Å². The van der Waals surface area contributed by atoms with Crippen molar-refractivity contribution in [2.24, 2.45) is 4.99 Å². The first kappa shape index (κ1) is 26.8. The van der Waals surface area contributed by atoms with Gasteiger partial charge in [0.25, 0.3) is 5.91 Å². The van der Waals surface area contributed by atoms with E-state index in [2.05, 4.69) is 4.99 Å². The largest absolute Gasteiger partial charge is 0.486 e. The molecule has 12 heteroatoms. The van der Waals surface area contributed by atoms with Gasteiger partial charge in [-0.3, -0.25) is 9.59 Å². The summed E-state index contributed by atoms with van der Waals surface area (Å²) in [6.07, 6.45) is 1.65. The van der Waals surface area contributed by atoms with E-state index in [0.717, 1.165) is 17.5 Å². The van der Waals surface area contributed by atoms with Crippen LogP contribution in [0.4, 0.5) is 0 Å². The Hall–Kier alpha value is -3.22. The molecule has 1 amide bonds. The fourth-order valence-electron chi connectivity index (χ4n) is 3.89. The topological polar surface area (TPSA) is 117 Å². The van der Waals surface area contributed by atoms with Crippen molar-refractivity contribution < 1.29 is 32.2 Å². The highest BCUT2D eigenvalue weighted by molar-refractivity contribution is 7.89. The first-order chi connectivity index (χ1) is 17.8. The van der Waals surface area contributed by atoms with E-state index in [0.29, 0.717) is 48.1 Å². The number of fused-ring (bicyclic) bond motifs is 2. The number of carbonyl (C=O) groups is 2. The van der Waals surface area contributed by atoms with Gasteiger partial charge in [0, 0.05) is 30.8 Å². The van der Waals surface area contributed by atoms with Crippen molar-refractivity contribution in [3.05, 3.63) is 46.8 Å². The van der Waals surface area contributed by atoms with Crippen molar-refractivity contribution in [2.45, 2.75) is 38.1 Å². The summed E-state index contributed by atoms with van der Waals surface area (Å²) in [5.41, 5.74) is 0.878. The van der Waals surface area contributed by atoms with Crippen LogP contribution in [0.2, 0.25) is 0 Å². The summed E-state index contributed by atoms with van der Waals surface area (Å²) in [7, 11) is -2.37. The molecule has 198 valence electrons. The first-order valence-electron chi connectivity index (χ1n) is 12.0. The lowest BCUT2D eigenvalue weighted by Crippen LogP contribution is -2.31. The number of methoxy groups -OCH3 is 1. The molecule has 0 unspecified atom stereocenters. The molecule has 0 aliphatic carbocycles. The van der Waals surface area contributed by atoms with E-state index in [4.69, 9.17) is 14.2 Å². The molecule has 0 atom stereocenters. The molecule has 3 aromatic rings. The second kappa shape index (κ2) is 11.4. The number of hydrogen-bond donors (Lipinski definition) is 0. The Labute approximate surface area is 219 Å². The van der Waals surface area contributed by atoms with Crippen LogP contribution in [0.1, 0.15) is 37.0 Å². The van der Waals surface area contributed by atoms with E-state index in [1.165, 1.54) is 47.0 Å². The fraction of sp³-hybridized carbons (Fsp3) is 0.400. The molecule has 0 N–H and O–H groups in total. The molecular formula is C25H29N3O7S2. The number of sulfonamides is 1. The van der Waals surface area contributed by atoms with Crippen molar-refractivity contribution in [1.82, 2.24) is 8.87 Å². The van der Waals surface area contributed by atoms with Gasteiger partial charge in [0.05, 0.1) is 22.2 Å². The number of esters is 1. The van der Waals surface area contributed by atoms with Crippen LogP contribution in [-0.4, -0.2) is 62.6 Å². The van der Waals surface area contributed by atoms with Crippen LogP contribution in [0.25, 0.3) is 10.2 Å². The lowest BCUT2D eigenvalue weighted by molar-refractivity contribution is -0.141. The Morgan fingerprint density at radius 3 is 2.41 bits per heavy atom. The predicted molar refractivity (Wildman–Crippen MR) is 138 cm³/mol. The highest BCUT2D eigenvalue weighted by Crippen LogP contribution is 2.35. The van der Waals surface area contributed by atoms with Crippen LogP contribution < -0.4 is 14.3 Å². The quantitative estimate of drug-likeness (QED) is 0.378. The smallest absolute Gasteiger partial charge is 0.325 e. The standard InChI is InChI=1S/C25H29N3O7S2/c1-4-6-11-27(5-2)37(31,32)18-9-7-17(8-10-18)24(30)26-25-28(16-23(29)33-3)19-14-20-21(15-22(19)36-25)35-13-12-34-20/h7-10,14-15H,4-6,11-13,16H2,1-3H3. The number of thiazole rings is 1. The SMILES string of the molecule is CCCCN(CC)S(=O)(=O)c1ccc(C(=O)N=c2sc3cc4c(cc3n2CC(=O)OC)OCCO4)cc1. The van der Waals surface area contributed by atoms with Crippen molar-refractivity contribution in [1.29, 1.82) is 0 Å². The normalized spacial score (nSPS) is 13.8. The molecular weight excluding hydrogens is 518 g/mol. The maximum absolute atomic E-state index is 13.0. The summed E-state index contributed by atoms with van der Waals surface area (Å²) >= 11 is 1.22. The average molecular weight is 548 g/mol. The first-order valence-corrected chi connectivity index (χ1v) is 14.2. The summed E-state index contributed by atoms with van der Waals surface area (Å²) in [4.78, 5) is 29.8. The Balaban J connectivity index is 1.69. The van der Waals surface area contributed by atoms with Gasteiger partial charge < -0.3 is 18.8 Å². The third kappa shape index (κ3) is 5.71. The number of unbranched alkanes of at least 4 members (excludes halogenated alkanes) is 1. The van der Waals surface area contributed by atoms with Gasteiger partial charge in [-0.15, -0.1) is 0 Å². The van der Waals surface area contributed by atoms with Gasteiger partial charge in [-0.05, 0) is 30.7 Å². The minimum absolute atomic E-state index is 0.121. The second-order valence-corrected chi connectivity index (χ2v) is 11.2. The number of hydrogen-bond acceptors (Lipinski definition) is 8. The Morgan fingerprint density at radius 1 is 1.11 bits per heavy atom. The summed E-state index contributed by atoms with van der Waals surface area (Å²) in [5.74, 6) is 0.0659. The lowest BCUT2D eigenvalue weighted by Gasteiger charge is -2.20. The highest BCUT2D eigenvalue weighted by Gasteiger charge is 2.23. The molecule has 0 saturated heterocycles. The minimum Gasteiger partial charge on any atom is -0.486 e. The zero-order chi connectivity index (χ0) is 26.6. The van der Waals surface area contributed by atoms with Crippen LogP contribution in [0.5, 0.6) is 11.5 Å². The number of nitrogens with zero attached hydrogens (tertiary/aromatic N) is 3. The van der Waals surface area contributed by atoms with Crippen molar-refractivity contribution >= 4 is 43.5 Å². The fourth-order valence-corrected chi connectivity index (χ4v) is 6.42. The van der Waals surface area contributed by atoms with E-state index < -0.39 is 21.9 Å². The summed E-state index contributed by atoms with van der Waals surface area (Å²) in [5, 5.41) is 0. The van der Waals surface area contributed by atoms with Gasteiger partial charge in [-0.1, -0.05) is 31.6 Å². The number of benzene rings is 2. The van der Waals surface area contributed by atoms with Crippen LogP contribution in [0.3, 0.4) is 0 Å².